The molecule has 0 N–H and O–H groups in total. The van der Waals surface area contributed by atoms with Crippen LogP contribution in [0.15, 0.2) is 0 Å². The second kappa shape index (κ2) is 7.13. The zero-order valence-corrected chi connectivity index (χ0v) is 10.1. The number of hydrogen-bond acceptors (Lipinski definition) is 2. The van der Waals surface area contributed by atoms with Crippen molar-refractivity contribution in [2.75, 3.05) is 45.7 Å². The Bertz CT molecular complexity index is 102. The standard InChI is InChI=1S/C8H17ClN2.BrH/c1-10-5-7-11(8-6-10)4-2-3-9;/h2-8H2,1H3;1H. The van der Waals surface area contributed by atoms with Gasteiger partial charge in [-0.15, -0.1) is 28.6 Å². The quantitative estimate of drug-likeness (QED) is 0.706. The lowest BCUT2D eigenvalue weighted by molar-refractivity contribution is 0.154. The van der Waals surface area contributed by atoms with Crippen LogP contribution in [0.4, 0.5) is 0 Å². The molecular weight excluding hydrogens is 239 g/mol. The van der Waals surface area contributed by atoms with Gasteiger partial charge in [0.05, 0.1) is 0 Å². The number of likely N-dealkylation sites (N-methyl/N-ethyl adjacent to an activating group) is 1. The van der Waals surface area contributed by atoms with Crippen LogP contribution in [0.3, 0.4) is 0 Å². The van der Waals surface area contributed by atoms with Crippen molar-refractivity contribution < 1.29 is 0 Å². The molecule has 0 radical (unpaired) electrons. The van der Waals surface area contributed by atoms with E-state index in [1.54, 1.807) is 0 Å². The van der Waals surface area contributed by atoms with Crippen molar-refractivity contribution in [2.45, 2.75) is 6.42 Å². The summed E-state index contributed by atoms with van der Waals surface area (Å²) in [5.41, 5.74) is 0. The lowest BCUT2D eigenvalue weighted by atomic mass is 10.3. The van der Waals surface area contributed by atoms with Crippen LogP contribution in [0, 0.1) is 0 Å². The Kier molecular flexibility index (Phi) is 7.54. The SMILES string of the molecule is Br.CN1CCN(CCCCl)CC1. The van der Waals surface area contributed by atoms with Gasteiger partial charge in [-0.2, -0.15) is 0 Å². The van der Waals surface area contributed by atoms with Gasteiger partial charge in [-0.3, -0.25) is 0 Å². The highest BCUT2D eigenvalue weighted by Crippen LogP contribution is 2.00. The smallest absolute Gasteiger partial charge is 0.0235 e. The van der Waals surface area contributed by atoms with Crippen molar-refractivity contribution in [1.29, 1.82) is 0 Å². The predicted octanol–water partition coefficient (Wildman–Crippen LogP) is 1.44. The Balaban J connectivity index is 0.00000121. The minimum Gasteiger partial charge on any atom is -0.304 e. The molecule has 0 unspecified atom stereocenters. The molecule has 0 aromatic carbocycles. The fraction of sp³-hybridized carbons (Fsp3) is 1.00. The molecule has 1 fully saturated rings. The zero-order chi connectivity index (χ0) is 8.10. The maximum Gasteiger partial charge on any atom is 0.0235 e. The summed E-state index contributed by atoms with van der Waals surface area (Å²) in [7, 11) is 2.18. The fourth-order valence-electron chi connectivity index (χ4n) is 1.35. The molecule has 0 amide bonds. The second-order valence-electron chi connectivity index (χ2n) is 3.19. The van der Waals surface area contributed by atoms with Gasteiger partial charge in [-0.1, -0.05) is 0 Å². The van der Waals surface area contributed by atoms with Crippen LogP contribution in [-0.4, -0.2) is 55.5 Å². The fourth-order valence-corrected chi connectivity index (χ4v) is 1.47. The molecule has 0 atom stereocenters. The molecule has 4 heteroatoms. The van der Waals surface area contributed by atoms with E-state index in [9.17, 15) is 0 Å². The van der Waals surface area contributed by atoms with Gasteiger partial charge in [-0.05, 0) is 20.0 Å². The van der Waals surface area contributed by atoms with Crippen molar-refractivity contribution in [3.8, 4) is 0 Å². The zero-order valence-electron chi connectivity index (χ0n) is 7.63. The lowest BCUT2D eigenvalue weighted by Crippen LogP contribution is -2.44. The van der Waals surface area contributed by atoms with E-state index in [4.69, 9.17) is 11.6 Å². The highest BCUT2D eigenvalue weighted by Gasteiger charge is 2.12. The van der Waals surface area contributed by atoms with Gasteiger partial charge < -0.3 is 9.80 Å². The molecule has 1 rings (SSSR count). The van der Waals surface area contributed by atoms with E-state index in [1.165, 1.54) is 32.7 Å². The Morgan fingerprint density at radius 2 is 1.75 bits per heavy atom. The summed E-state index contributed by atoms with van der Waals surface area (Å²) in [6.07, 6.45) is 1.13. The molecule has 1 aliphatic heterocycles. The molecule has 1 saturated heterocycles. The average molecular weight is 258 g/mol. The molecule has 12 heavy (non-hydrogen) atoms. The molecule has 1 heterocycles. The topological polar surface area (TPSA) is 6.48 Å². The predicted molar refractivity (Wildman–Crippen MR) is 59.6 cm³/mol. The van der Waals surface area contributed by atoms with Crippen molar-refractivity contribution in [2.24, 2.45) is 0 Å². The molecule has 0 saturated carbocycles. The molecule has 0 aromatic heterocycles. The number of alkyl halides is 1. The Hall–Kier alpha value is 0.690. The van der Waals surface area contributed by atoms with Crippen molar-refractivity contribution in [3.63, 3.8) is 0 Å². The van der Waals surface area contributed by atoms with E-state index in [-0.39, 0.29) is 17.0 Å². The van der Waals surface area contributed by atoms with Gasteiger partial charge in [-0.25, -0.2) is 0 Å². The Morgan fingerprint density at radius 3 is 2.25 bits per heavy atom. The van der Waals surface area contributed by atoms with Crippen LogP contribution in [0.25, 0.3) is 0 Å². The van der Waals surface area contributed by atoms with Crippen LogP contribution < -0.4 is 0 Å². The summed E-state index contributed by atoms with van der Waals surface area (Å²) in [5, 5.41) is 0. The van der Waals surface area contributed by atoms with E-state index >= 15 is 0 Å². The average Bonchev–Trinajstić information content (AvgIpc) is 2.04. The normalized spacial score (nSPS) is 20.5. The number of piperazine rings is 1. The van der Waals surface area contributed by atoms with Gasteiger partial charge in [0, 0.05) is 32.1 Å². The number of hydrogen-bond donors (Lipinski definition) is 0. The molecule has 0 aromatic rings. The summed E-state index contributed by atoms with van der Waals surface area (Å²) in [5.74, 6) is 0.798. The molecule has 0 spiro atoms. The maximum atomic E-state index is 5.61. The third kappa shape index (κ3) is 4.65. The molecular formula is C8H18BrClN2. The minimum atomic E-state index is 0. The van der Waals surface area contributed by atoms with Crippen LogP contribution in [0.1, 0.15) is 6.42 Å². The number of halogens is 2. The van der Waals surface area contributed by atoms with Gasteiger partial charge >= 0.3 is 0 Å². The highest BCUT2D eigenvalue weighted by molar-refractivity contribution is 8.93. The monoisotopic (exact) mass is 256 g/mol. The second-order valence-corrected chi connectivity index (χ2v) is 3.57. The first-order chi connectivity index (χ1) is 5.33. The van der Waals surface area contributed by atoms with Crippen LogP contribution in [-0.2, 0) is 0 Å². The third-order valence-electron chi connectivity index (χ3n) is 2.20. The molecule has 2 nitrogen and oxygen atoms in total. The number of rotatable bonds is 3. The summed E-state index contributed by atoms with van der Waals surface area (Å²) in [4.78, 5) is 4.86. The Morgan fingerprint density at radius 1 is 1.17 bits per heavy atom. The maximum absolute atomic E-state index is 5.61. The van der Waals surface area contributed by atoms with E-state index in [2.05, 4.69) is 16.8 Å². The van der Waals surface area contributed by atoms with Gasteiger partial charge in [0.15, 0.2) is 0 Å². The van der Waals surface area contributed by atoms with Gasteiger partial charge in [0.1, 0.15) is 0 Å². The molecule has 74 valence electrons. The molecule has 1 aliphatic rings. The first-order valence-corrected chi connectivity index (χ1v) is 4.83. The summed E-state index contributed by atoms with van der Waals surface area (Å²) in [6, 6.07) is 0. The van der Waals surface area contributed by atoms with E-state index in [1.807, 2.05) is 0 Å². The highest BCUT2D eigenvalue weighted by atomic mass is 79.9. The van der Waals surface area contributed by atoms with Crippen molar-refractivity contribution in [3.05, 3.63) is 0 Å². The lowest BCUT2D eigenvalue weighted by Gasteiger charge is -2.32. The third-order valence-corrected chi connectivity index (χ3v) is 2.47. The van der Waals surface area contributed by atoms with Crippen molar-refractivity contribution in [1.82, 2.24) is 9.80 Å². The summed E-state index contributed by atoms with van der Waals surface area (Å²) in [6.45, 7) is 6.03. The first kappa shape index (κ1) is 12.7. The molecule has 0 aliphatic carbocycles. The van der Waals surface area contributed by atoms with Crippen LogP contribution >= 0.6 is 28.6 Å². The largest absolute Gasteiger partial charge is 0.304 e. The number of nitrogens with zero attached hydrogens (tertiary/aromatic N) is 2. The van der Waals surface area contributed by atoms with Crippen LogP contribution in [0.5, 0.6) is 0 Å². The van der Waals surface area contributed by atoms with Crippen molar-refractivity contribution >= 4 is 28.6 Å². The summed E-state index contributed by atoms with van der Waals surface area (Å²) >= 11 is 5.61. The van der Waals surface area contributed by atoms with Gasteiger partial charge in [0.2, 0.25) is 0 Å². The van der Waals surface area contributed by atoms with Crippen LogP contribution in [0.2, 0.25) is 0 Å². The summed E-state index contributed by atoms with van der Waals surface area (Å²) < 4.78 is 0. The van der Waals surface area contributed by atoms with E-state index < -0.39 is 0 Å². The minimum absolute atomic E-state index is 0. The van der Waals surface area contributed by atoms with E-state index in [0.717, 1.165) is 12.3 Å². The first-order valence-electron chi connectivity index (χ1n) is 4.30. The van der Waals surface area contributed by atoms with E-state index in [0.29, 0.717) is 0 Å². The Labute approximate surface area is 90.6 Å². The molecule has 0 bridgehead atoms. The van der Waals surface area contributed by atoms with Gasteiger partial charge in [0.25, 0.3) is 0 Å².